The summed E-state index contributed by atoms with van der Waals surface area (Å²) in [4.78, 5) is 16.8. The fourth-order valence-corrected chi connectivity index (χ4v) is 1.67. The first-order valence-electron chi connectivity index (χ1n) is 4.27. The van der Waals surface area contributed by atoms with Crippen LogP contribution in [0.1, 0.15) is 0 Å². The number of ether oxygens (including phenoxy) is 1. The lowest BCUT2D eigenvalue weighted by atomic mass is 10.1. The second-order valence-corrected chi connectivity index (χ2v) is 4.62. The first-order valence-corrected chi connectivity index (χ1v) is 5.80. The molecule has 1 rings (SSSR count). The molecule has 96 valence electrons. The summed E-state index contributed by atoms with van der Waals surface area (Å²) in [5.74, 6) is -2.46. The Morgan fingerprint density at radius 3 is 2.31 bits per heavy atom. The molecule has 0 unspecified atom stereocenters. The molecule has 1 saturated heterocycles. The lowest BCUT2D eigenvalue weighted by molar-refractivity contribution is -0.245. The molecule has 0 aromatic heterocycles. The van der Waals surface area contributed by atoms with Crippen LogP contribution in [-0.2, 0) is 13.8 Å². The van der Waals surface area contributed by atoms with E-state index in [1.54, 1.807) is 0 Å². The van der Waals surface area contributed by atoms with Crippen LogP contribution in [0.5, 0.6) is 0 Å². The Hall–Kier alpha value is -0.0900. The van der Waals surface area contributed by atoms with Crippen LogP contribution < -0.4 is 0 Å². The lowest BCUT2D eigenvalue weighted by Gasteiger charge is -2.25. The van der Waals surface area contributed by atoms with Crippen molar-refractivity contribution < 1.29 is 44.0 Å². The van der Waals surface area contributed by atoms with E-state index in [-0.39, 0.29) is 0 Å². The molecule has 0 aliphatic carbocycles. The van der Waals surface area contributed by atoms with Crippen LogP contribution in [0, 0.1) is 0 Å². The zero-order valence-electron chi connectivity index (χ0n) is 8.00. The summed E-state index contributed by atoms with van der Waals surface area (Å²) in [6.45, 7) is -1.71. The van der Waals surface area contributed by atoms with E-state index in [0.29, 0.717) is 0 Å². The predicted molar refractivity (Wildman–Crippen MR) is 46.9 cm³/mol. The minimum Gasteiger partial charge on any atom is -0.394 e. The van der Waals surface area contributed by atoms with Gasteiger partial charge in [-0.15, -0.1) is 0 Å². The van der Waals surface area contributed by atoms with Crippen molar-refractivity contribution in [2.24, 2.45) is 0 Å². The third-order valence-electron chi connectivity index (χ3n) is 2.14. The predicted octanol–water partition coefficient (Wildman–Crippen LogP) is -3.10. The Labute approximate surface area is 90.1 Å². The summed E-state index contributed by atoms with van der Waals surface area (Å²) in [7, 11) is -4.83. The number of phosphoric ester groups is 1. The summed E-state index contributed by atoms with van der Waals surface area (Å²) in [5, 5.41) is 36.9. The fraction of sp³-hybridized carbons (Fsp3) is 1.00. The van der Waals surface area contributed by atoms with E-state index in [4.69, 9.17) is 14.9 Å². The maximum atomic E-state index is 10.4. The quantitative estimate of drug-likeness (QED) is 0.288. The van der Waals surface area contributed by atoms with Gasteiger partial charge in [-0.1, -0.05) is 0 Å². The van der Waals surface area contributed by atoms with Crippen LogP contribution in [-0.4, -0.2) is 67.5 Å². The van der Waals surface area contributed by atoms with E-state index in [1.165, 1.54) is 0 Å². The van der Waals surface area contributed by atoms with Crippen molar-refractivity contribution in [2.45, 2.75) is 24.1 Å². The summed E-state index contributed by atoms with van der Waals surface area (Å²) >= 11 is 0. The highest BCUT2D eigenvalue weighted by Crippen LogP contribution is 2.39. The van der Waals surface area contributed by atoms with Crippen molar-refractivity contribution in [1.82, 2.24) is 0 Å². The van der Waals surface area contributed by atoms with Crippen molar-refractivity contribution >= 4 is 7.82 Å². The summed E-state index contributed by atoms with van der Waals surface area (Å²) in [6, 6.07) is 0. The Morgan fingerprint density at radius 1 is 1.38 bits per heavy atom. The number of aliphatic hydroxyl groups excluding tert-OH is 3. The molecule has 0 spiro atoms. The van der Waals surface area contributed by atoms with Gasteiger partial charge in [-0.25, -0.2) is 4.57 Å². The third-order valence-corrected chi connectivity index (χ3v) is 2.61. The molecule has 1 aliphatic rings. The first kappa shape index (κ1) is 14.0. The van der Waals surface area contributed by atoms with E-state index in [0.717, 1.165) is 0 Å². The van der Waals surface area contributed by atoms with Crippen LogP contribution in [0.25, 0.3) is 0 Å². The number of hydrogen-bond acceptors (Lipinski definition) is 7. The van der Waals surface area contributed by atoms with Gasteiger partial charge in [0.15, 0.2) is 0 Å². The topological polar surface area (TPSA) is 157 Å². The van der Waals surface area contributed by atoms with Gasteiger partial charge in [0.1, 0.15) is 24.9 Å². The molecule has 9 nitrogen and oxygen atoms in total. The van der Waals surface area contributed by atoms with Gasteiger partial charge in [-0.3, -0.25) is 4.52 Å². The first-order chi connectivity index (χ1) is 7.19. The molecular weight excluding hydrogens is 247 g/mol. The Morgan fingerprint density at radius 2 is 1.94 bits per heavy atom. The molecule has 0 saturated carbocycles. The third kappa shape index (κ3) is 2.98. The highest BCUT2D eigenvalue weighted by atomic mass is 31.2. The number of phosphoric acid groups is 1. The second-order valence-electron chi connectivity index (χ2n) is 3.38. The van der Waals surface area contributed by atoms with Crippen LogP contribution in [0.2, 0.25) is 0 Å². The molecule has 0 radical (unpaired) electrons. The van der Waals surface area contributed by atoms with Gasteiger partial charge >= 0.3 is 7.82 Å². The van der Waals surface area contributed by atoms with Crippen LogP contribution in [0.3, 0.4) is 0 Å². The van der Waals surface area contributed by atoms with E-state index in [2.05, 4.69) is 9.26 Å². The summed E-state index contributed by atoms with van der Waals surface area (Å²) < 4.78 is 19.0. The van der Waals surface area contributed by atoms with Crippen molar-refractivity contribution in [3.63, 3.8) is 0 Å². The molecule has 4 atom stereocenters. The van der Waals surface area contributed by atoms with Gasteiger partial charge in [0.2, 0.25) is 5.79 Å². The Kier molecular flexibility index (Phi) is 4.06. The number of rotatable bonds is 4. The van der Waals surface area contributed by atoms with Crippen LogP contribution in [0.4, 0.5) is 0 Å². The molecule has 0 aromatic rings. The molecule has 1 fully saturated rings. The Bertz CT molecular complexity index is 290. The van der Waals surface area contributed by atoms with Gasteiger partial charge in [0, 0.05) is 0 Å². The SMILES string of the molecule is O=P(O)(O)OC[C@]1(O)O[C@@H](CO)[C@H](O)[C@H]1O. The Balaban J connectivity index is 2.67. The molecule has 16 heavy (non-hydrogen) atoms. The van der Waals surface area contributed by atoms with E-state index < -0.39 is 45.1 Å². The van der Waals surface area contributed by atoms with Crippen LogP contribution >= 0.6 is 7.82 Å². The van der Waals surface area contributed by atoms with Gasteiger partial charge in [-0.2, -0.15) is 0 Å². The van der Waals surface area contributed by atoms with Gasteiger partial charge in [0.25, 0.3) is 0 Å². The highest BCUT2D eigenvalue weighted by Gasteiger charge is 2.54. The van der Waals surface area contributed by atoms with Gasteiger partial charge < -0.3 is 34.9 Å². The molecule has 6 N–H and O–H groups in total. The average Bonchev–Trinajstić information content (AvgIpc) is 2.40. The van der Waals surface area contributed by atoms with Gasteiger partial charge in [-0.05, 0) is 0 Å². The average molecular weight is 260 g/mol. The maximum Gasteiger partial charge on any atom is 0.469 e. The summed E-state index contributed by atoms with van der Waals surface area (Å²) in [5.41, 5.74) is 0. The molecule has 1 heterocycles. The van der Waals surface area contributed by atoms with Gasteiger partial charge in [0.05, 0.1) is 6.61 Å². The second kappa shape index (κ2) is 4.65. The molecule has 0 bridgehead atoms. The zero-order chi connectivity index (χ0) is 12.6. The number of aliphatic hydroxyl groups is 4. The van der Waals surface area contributed by atoms with Crippen molar-refractivity contribution in [3.8, 4) is 0 Å². The molecule has 10 heteroatoms. The lowest BCUT2D eigenvalue weighted by Crippen LogP contribution is -2.46. The van der Waals surface area contributed by atoms with E-state index in [9.17, 15) is 19.9 Å². The smallest absolute Gasteiger partial charge is 0.394 e. The van der Waals surface area contributed by atoms with E-state index in [1.807, 2.05) is 0 Å². The standard InChI is InChI=1S/C6H13O9P/c7-1-3-4(8)5(9)6(10,15-3)2-14-16(11,12)13/h3-5,7-10H,1-2H2,(H2,11,12,13)/t3-,4-,5+,6-/m0/s1. The largest absolute Gasteiger partial charge is 0.469 e. The van der Waals surface area contributed by atoms with Crippen molar-refractivity contribution in [3.05, 3.63) is 0 Å². The summed E-state index contributed by atoms with van der Waals surface area (Å²) in [6.07, 6.45) is -4.66. The number of hydrogen-bond donors (Lipinski definition) is 6. The highest BCUT2D eigenvalue weighted by molar-refractivity contribution is 7.46. The van der Waals surface area contributed by atoms with Crippen molar-refractivity contribution in [1.29, 1.82) is 0 Å². The fourth-order valence-electron chi connectivity index (χ4n) is 1.31. The van der Waals surface area contributed by atoms with Crippen molar-refractivity contribution in [2.75, 3.05) is 13.2 Å². The molecule has 0 aromatic carbocycles. The minimum atomic E-state index is -4.83. The molecular formula is C6H13O9P. The molecule has 1 aliphatic heterocycles. The normalized spacial score (nSPS) is 40.2. The minimum absolute atomic E-state index is 0.670. The molecule has 0 amide bonds. The van der Waals surface area contributed by atoms with Crippen LogP contribution in [0.15, 0.2) is 0 Å². The zero-order valence-corrected chi connectivity index (χ0v) is 8.90. The van der Waals surface area contributed by atoms with E-state index >= 15 is 0 Å². The monoisotopic (exact) mass is 260 g/mol. The maximum absolute atomic E-state index is 10.4.